The van der Waals surface area contributed by atoms with E-state index >= 15 is 0 Å². The summed E-state index contributed by atoms with van der Waals surface area (Å²) < 4.78 is 10.9. The van der Waals surface area contributed by atoms with Crippen LogP contribution < -0.4 is 0 Å². The molecular weight excluding hydrogens is 260 g/mol. The summed E-state index contributed by atoms with van der Waals surface area (Å²) in [7, 11) is 0. The molecule has 0 aromatic rings. The van der Waals surface area contributed by atoms with Crippen LogP contribution in [0.25, 0.3) is 0 Å². The highest BCUT2D eigenvalue weighted by molar-refractivity contribution is 4.68. The van der Waals surface area contributed by atoms with Crippen LogP contribution in [0, 0.1) is 0 Å². The van der Waals surface area contributed by atoms with E-state index in [0.717, 1.165) is 19.8 Å². The minimum atomic E-state index is 0.633. The minimum absolute atomic E-state index is 0.633. The molecule has 1 fully saturated rings. The SMILES string of the molecule is CCCCCCCCOCCCCCCCCCC1CO1. The Morgan fingerprint density at radius 3 is 1.71 bits per heavy atom. The van der Waals surface area contributed by atoms with E-state index in [2.05, 4.69) is 6.92 Å². The third kappa shape index (κ3) is 14.6. The summed E-state index contributed by atoms with van der Waals surface area (Å²) >= 11 is 0. The maximum Gasteiger partial charge on any atom is 0.0810 e. The summed E-state index contributed by atoms with van der Waals surface area (Å²) in [6, 6.07) is 0. The standard InChI is InChI=1S/C19H38O2/c1-2-3-4-5-10-13-16-20-17-14-11-8-6-7-9-12-15-19-18-21-19/h19H,2-18H2,1H3. The van der Waals surface area contributed by atoms with Gasteiger partial charge in [-0.05, 0) is 19.3 Å². The van der Waals surface area contributed by atoms with Gasteiger partial charge in [0.1, 0.15) is 0 Å². The molecular formula is C19H38O2. The maximum absolute atomic E-state index is 5.70. The number of hydrogen-bond donors (Lipinski definition) is 0. The van der Waals surface area contributed by atoms with Gasteiger partial charge in [0.25, 0.3) is 0 Å². The quantitative estimate of drug-likeness (QED) is 0.247. The Morgan fingerprint density at radius 1 is 0.714 bits per heavy atom. The number of epoxide rings is 1. The van der Waals surface area contributed by atoms with Crippen molar-refractivity contribution in [3.63, 3.8) is 0 Å². The highest BCUT2D eigenvalue weighted by Crippen LogP contribution is 2.18. The van der Waals surface area contributed by atoms with Crippen molar-refractivity contribution >= 4 is 0 Å². The third-order valence-corrected chi connectivity index (χ3v) is 4.36. The van der Waals surface area contributed by atoms with Gasteiger partial charge < -0.3 is 9.47 Å². The van der Waals surface area contributed by atoms with Gasteiger partial charge in [-0.25, -0.2) is 0 Å². The zero-order chi connectivity index (χ0) is 15.0. The zero-order valence-corrected chi connectivity index (χ0v) is 14.4. The maximum atomic E-state index is 5.70. The molecule has 2 nitrogen and oxygen atoms in total. The summed E-state index contributed by atoms with van der Waals surface area (Å²) in [5.41, 5.74) is 0. The predicted molar refractivity (Wildman–Crippen MR) is 90.9 cm³/mol. The molecule has 1 saturated heterocycles. The first-order valence-electron chi connectivity index (χ1n) is 9.63. The van der Waals surface area contributed by atoms with Crippen LogP contribution in [0.5, 0.6) is 0 Å². The molecule has 0 bridgehead atoms. The van der Waals surface area contributed by atoms with Gasteiger partial charge in [0.15, 0.2) is 0 Å². The van der Waals surface area contributed by atoms with Crippen LogP contribution in [0.2, 0.25) is 0 Å². The molecule has 0 amide bonds. The second-order valence-electron chi connectivity index (χ2n) is 6.60. The van der Waals surface area contributed by atoms with Gasteiger partial charge in [0, 0.05) is 13.2 Å². The third-order valence-electron chi connectivity index (χ3n) is 4.36. The van der Waals surface area contributed by atoms with Crippen molar-refractivity contribution in [3.8, 4) is 0 Å². The average Bonchev–Trinajstić information content (AvgIpc) is 3.31. The van der Waals surface area contributed by atoms with Gasteiger partial charge in [-0.1, -0.05) is 77.6 Å². The second-order valence-corrected chi connectivity index (χ2v) is 6.60. The van der Waals surface area contributed by atoms with Crippen molar-refractivity contribution in [1.29, 1.82) is 0 Å². The Kier molecular flexibility index (Phi) is 13.4. The molecule has 0 aromatic heterocycles. The van der Waals surface area contributed by atoms with Crippen LogP contribution in [0.1, 0.15) is 96.8 Å². The fraction of sp³-hybridized carbons (Fsp3) is 1.00. The topological polar surface area (TPSA) is 21.8 Å². The van der Waals surface area contributed by atoms with E-state index in [1.165, 1.54) is 89.9 Å². The van der Waals surface area contributed by atoms with E-state index in [4.69, 9.17) is 9.47 Å². The molecule has 0 aromatic carbocycles. The van der Waals surface area contributed by atoms with Gasteiger partial charge >= 0.3 is 0 Å². The Labute approximate surface area is 133 Å². The Hall–Kier alpha value is -0.0800. The number of unbranched alkanes of at least 4 members (excludes halogenated alkanes) is 11. The van der Waals surface area contributed by atoms with Crippen molar-refractivity contribution in [2.24, 2.45) is 0 Å². The molecule has 2 heteroatoms. The molecule has 126 valence electrons. The predicted octanol–water partition coefficient (Wildman–Crippen LogP) is 5.88. The van der Waals surface area contributed by atoms with Crippen LogP contribution in [-0.4, -0.2) is 25.9 Å². The molecule has 1 heterocycles. The Morgan fingerprint density at radius 2 is 1.19 bits per heavy atom. The van der Waals surface area contributed by atoms with Crippen LogP contribution in [0.3, 0.4) is 0 Å². The van der Waals surface area contributed by atoms with Crippen LogP contribution >= 0.6 is 0 Å². The summed E-state index contributed by atoms with van der Waals surface area (Å²) in [5.74, 6) is 0. The highest BCUT2D eigenvalue weighted by atomic mass is 16.6. The van der Waals surface area contributed by atoms with E-state index in [0.29, 0.717) is 6.10 Å². The number of ether oxygens (including phenoxy) is 2. The summed E-state index contributed by atoms with van der Waals surface area (Å²) in [6.07, 6.45) is 19.7. The lowest BCUT2D eigenvalue weighted by atomic mass is 10.1. The highest BCUT2D eigenvalue weighted by Gasteiger charge is 2.20. The van der Waals surface area contributed by atoms with Crippen molar-refractivity contribution in [1.82, 2.24) is 0 Å². The smallest absolute Gasteiger partial charge is 0.0810 e. The molecule has 0 radical (unpaired) electrons. The average molecular weight is 299 g/mol. The first kappa shape index (κ1) is 19.0. The van der Waals surface area contributed by atoms with Gasteiger partial charge in [0.05, 0.1) is 12.7 Å². The lowest BCUT2D eigenvalue weighted by Gasteiger charge is -2.05. The number of rotatable bonds is 17. The number of hydrogen-bond acceptors (Lipinski definition) is 2. The molecule has 1 aliphatic heterocycles. The summed E-state index contributed by atoms with van der Waals surface area (Å²) in [4.78, 5) is 0. The second kappa shape index (κ2) is 14.8. The van der Waals surface area contributed by atoms with Crippen LogP contribution in [-0.2, 0) is 9.47 Å². The summed E-state index contributed by atoms with van der Waals surface area (Å²) in [6.45, 7) is 5.26. The monoisotopic (exact) mass is 298 g/mol. The minimum Gasteiger partial charge on any atom is -0.381 e. The molecule has 1 unspecified atom stereocenters. The molecule has 0 spiro atoms. The van der Waals surface area contributed by atoms with E-state index in [1.807, 2.05) is 0 Å². The molecule has 0 N–H and O–H groups in total. The van der Waals surface area contributed by atoms with Gasteiger partial charge in [-0.3, -0.25) is 0 Å². The van der Waals surface area contributed by atoms with Gasteiger partial charge in [0.2, 0.25) is 0 Å². The molecule has 0 saturated carbocycles. The van der Waals surface area contributed by atoms with E-state index in [9.17, 15) is 0 Å². The molecule has 21 heavy (non-hydrogen) atoms. The van der Waals surface area contributed by atoms with Gasteiger partial charge in [-0.2, -0.15) is 0 Å². The Bertz CT molecular complexity index is 202. The first-order valence-corrected chi connectivity index (χ1v) is 9.63. The summed E-state index contributed by atoms with van der Waals surface area (Å²) in [5, 5.41) is 0. The first-order chi connectivity index (χ1) is 10.4. The van der Waals surface area contributed by atoms with Crippen LogP contribution in [0.4, 0.5) is 0 Å². The van der Waals surface area contributed by atoms with Crippen molar-refractivity contribution < 1.29 is 9.47 Å². The largest absolute Gasteiger partial charge is 0.381 e. The van der Waals surface area contributed by atoms with Crippen molar-refractivity contribution in [2.45, 2.75) is 103 Å². The molecule has 0 aliphatic carbocycles. The lowest BCUT2D eigenvalue weighted by molar-refractivity contribution is 0.125. The van der Waals surface area contributed by atoms with Crippen LogP contribution in [0.15, 0.2) is 0 Å². The fourth-order valence-corrected chi connectivity index (χ4v) is 2.78. The van der Waals surface area contributed by atoms with E-state index < -0.39 is 0 Å². The lowest BCUT2D eigenvalue weighted by Crippen LogP contribution is -1.97. The molecule has 1 atom stereocenters. The normalized spacial score (nSPS) is 17.3. The van der Waals surface area contributed by atoms with Gasteiger partial charge in [-0.15, -0.1) is 0 Å². The molecule has 1 aliphatic rings. The molecule has 1 rings (SSSR count). The van der Waals surface area contributed by atoms with Crippen molar-refractivity contribution in [2.75, 3.05) is 19.8 Å². The zero-order valence-electron chi connectivity index (χ0n) is 14.4. The van der Waals surface area contributed by atoms with Crippen molar-refractivity contribution in [3.05, 3.63) is 0 Å². The fourth-order valence-electron chi connectivity index (χ4n) is 2.78. The van der Waals surface area contributed by atoms with E-state index in [1.54, 1.807) is 0 Å². The van der Waals surface area contributed by atoms with E-state index in [-0.39, 0.29) is 0 Å². The Balaban J connectivity index is 1.59.